The first-order chi connectivity index (χ1) is 8.90. The molecule has 2 aromatic rings. The molecule has 0 radical (unpaired) electrons. The number of nitrogens with zero attached hydrogens (tertiary/aromatic N) is 1. The van der Waals surface area contributed by atoms with Gasteiger partial charge in [0.05, 0.1) is 5.52 Å². The number of hydrogen-bond donors (Lipinski definition) is 2. The number of fused-ring (bicyclic) bond motifs is 1. The second kappa shape index (κ2) is 5.08. The summed E-state index contributed by atoms with van der Waals surface area (Å²) in [7, 11) is 0. The molecule has 0 aliphatic heterocycles. The smallest absolute Gasteiger partial charge is 0.240 e. The molecule has 0 atom stereocenters. The molecule has 7 heteroatoms. The van der Waals surface area contributed by atoms with Crippen molar-refractivity contribution in [1.82, 2.24) is 14.9 Å². The normalized spacial score (nSPS) is 11.2. The van der Waals surface area contributed by atoms with Crippen molar-refractivity contribution in [3.8, 4) is 0 Å². The molecule has 0 aliphatic carbocycles. The van der Waals surface area contributed by atoms with Gasteiger partial charge in [-0.25, -0.2) is 8.78 Å². The zero-order valence-corrected chi connectivity index (χ0v) is 11.3. The maximum atomic E-state index is 13.8. The van der Waals surface area contributed by atoms with Crippen LogP contribution in [-0.4, -0.2) is 21.5 Å². The van der Waals surface area contributed by atoms with E-state index in [0.29, 0.717) is 5.52 Å². The van der Waals surface area contributed by atoms with Crippen molar-refractivity contribution in [3.63, 3.8) is 0 Å². The predicted molar refractivity (Wildman–Crippen MR) is 70.3 cm³/mol. The van der Waals surface area contributed by atoms with Gasteiger partial charge in [0, 0.05) is 6.04 Å². The van der Waals surface area contributed by atoms with E-state index in [1.165, 1.54) is 10.6 Å². The van der Waals surface area contributed by atoms with Gasteiger partial charge in [-0.3, -0.25) is 4.79 Å². The predicted octanol–water partition coefficient (Wildman–Crippen LogP) is 2.50. The van der Waals surface area contributed by atoms with Gasteiger partial charge in [-0.2, -0.15) is 0 Å². The number of benzene rings is 1. The van der Waals surface area contributed by atoms with Crippen LogP contribution < -0.4 is 5.32 Å². The second-order valence-electron chi connectivity index (χ2n) is 4.50. The minimum atomic E-state index is -1.01. The third kappa shape index (κ3) is 2.65. The van der Waals surface area contributed by atoms with Gasteiger partial charge in [-0.05, 0) is 38.2 Å². The standard InChI is InChI=1S/C12H13F2N3OS/c1-6(2)15-9(18)5-17-11-8(16-12(17)19)4-3-7(13)10(11)14/h3-4,6H,5H2,1-2H3,(H,15,18)(H,16,19). The molecule has 0 fully saturated rings. The van der Waals surface area contributed by atoms with Crippen LogP contribution in [0.25, 0.3) is 11.0 Å². The number of aromatic amines is 1. The molecule has 2 N–H and O–H groups in total. The molecule has 19 heavy (non-hydrogen) atoms. The molecule has 1 amide bonds. The number of imidazole rings is 1. The van der Waals surface area contributed by atoms with E-state index in [9.17, 15) is 13.6 Å². The van der Waals surface area contributed by atoms with E-state index in [-0.39, 0.29) is 28.8 Å². The number of hydrogen-bond acceptors (Lipinski definition) is 2. The molecular formula is C12H13F2N3OS. The zero-order chi connectivity index (χ0) is 14.2. The van der Waals surface area contributed by atoms with Crippen LogP contribution in [-0.2, 0) is 11.3 Å². The lowest BCUT2D eigenvalue weighted by Gasteiger charge is -2.09. The molecule has 0 spiro atoms. The van der Waals surface area contributed by atoms with Gasteiger partial charge < -0.3 is 14.9 Å². The van der Waals surface area contributed by atoms with Crippen molar-refractivity contribution in [2.45, 2.75) is 26.4 Å². The van der Waals surface area contributed by atoms with Crippen LogP contribution in [0.4, 0.5) is 8.78 Å². The van der Waals surface area contributed by atoms with Gasteiger partial charge in [0.2, 0.25) is 5.91 Å². The Morgan fingerprint density at radius 2 is 2.16 bits per heavy atom. The number of amides is 1. The van der Waals surface area contributed by atoms with E-state index in [2.05, 4.69) is 10.3 Å². The van der Waals surface area contributed by atoms with Gasteiger partial charge in [0.25, 0.3) is 0 Å². The Morgan fingerprint density at radius 3 is 2.79 bits per heavy atom. The number of aromatic nitrogens is 2. The summed E-state index contributed by atoms with van der Waals surface area (Å²) >= 11 is 5.03. The number of halogens is 2. The molecule has 0 saturated heterocycles. The summed E-state index contributed by atoms with van der Waals surface area (Å²) in [6, 6.07) is 2.37. The summed E-state index contributed by atoms with van der Waals surface area (Å²) in [4.78, 5) is 14.4. The summed E-state index contributed by atoms with van der Waals surface area (Å²) in [5.74, 6) is -2.29. The number of carbonyl (C=O) groups excluding carboxylic acids is 1. The van der Waals surface area contributed by atoms with E-state index in [0.717, 1.165) is 6.07 Å². The fraction of sp³-hybridized carbons (Fsp3) is 0.333. The average molecular weight is 285 g/mol. The van der Waals surface area contributed by atoms with Crippen LogP contribution in [0, 0.1) is 16.4 Å². The lowest BCUT2D eigenvalue weighted by Crippen LogP contribution is -2.33. The highest BCUT2D eigenvalue weighted by Crippen LogP contribution is 2.20. The molecule has 2 rings (SSSR count). The molecule has 1 aromatic carbocycles. The van der Waals surface area contributed by atoms with Crippen LogP contribution in [0.15, 0.2) is 12.1 Å². The maximum absolute atomic E-state index is 13.8. The molecular weight excluding hydrogens is 272 g/mol. The van der Waals surface area contributed by atoms with Crippen molar-refractivity contribution in [1.29, 1.82) is 0 Å². The first-order valence-electron chi connectivity index (χ1n) is 5.76. The summed E-state index contributed by atoms with van der Waals surface area (Å²) < 4.78 is 28.5. The van der Waals surface area contributed by atoms with Crippen LogP contribution in [0.1, 0.15) is 13.8 Å². The minimum Gasteiger partial charge on any atom is -0.352 e. The first-order valence-corrected chi connectivity index (χ1v) is 6.17. The Bertz CT molecular complexity index is 690. The van der Waals surface area contributed by atoms with Gasteiger partial charge in [-0.15, -0.1) is 0 Å². The van der Waals surface area contributed by atoms with Crippen molar-refractivity contribution >= 4 is 29.2 Å². The summed E-state index contributed by atoms with van der Waals surface area (Å²) in [5.41, 5.74) is 0.338. The Morgan fingerprint density at radius 1 is 1.47 bits per heavy atom. The van der Waals surface area contributed by atoms with Gasteiger partial charge in [0.15, 0.2) is 16.4 Å². The highest BCUT2D eigenvalue weighted by atomic mass is 32.1. The Labute approximate surface area is 113 Å². The van der Waals surface area contributed by atoms with E-state index < -0.39 is 11.6 Å². The molecule has 102 valence electrons. The number of H-pyrrole nitrogens is 1. The number of rotatable bonds is 3. The van der Waals surface area contributed by atoms with Crippen LogP contribution >= 0.6 is 12.2 Å². The van der Waals surface area contributed by atoms with E-state index >= 15 is 0 Å². The topological polar surface area (TPSA) is 49.8 Å². The molecule has 0 saturated carbocycles. The quantitative estimate of drug-likeness (QED) is 0.851. The Kier molecular flexibility index (Phi) is 3.66. The monoisotopic (exact) mass is 285 g/mol. The Balaban J connectivity index is 2.48. The zero-order valence-electron chi connectivity index (χ0n) is 10.5. The summed E-state index contributed by atoms with van der Waals surface area (Å²) in [6.45, 7) is 3.47. The summed E-state index contributed by atoms with van der Waals surface area (Å²) in [6.07, 6.45) is 0. The molecule has 4 nitrogen and oxygen atoms in total. The SMILES string of the molecule is CC(C)NC(=O)Cn1c(=S)[nH]c2ccc(F)c(F)c21. The van der Waals surface area contributed by atoms with Gasteiger partial charge in [0.1, 0.15) is 12.1 Å². The maximum Gasteiger partial charge on any atom is 0.240 e. The molecule has 0 unspecified atom stereocenters. The third-order valence-corrected chi connectivity index (χ3v) is 2.90. The van der Waals surface area contributed by atoms with Crippen molar-refractivity contribution in [2.24, 2.45) is 0 Å². The van der Waals surface area contributed by atoms with Crippen molar-refractivity contribution in [3.05, 3.63) is 28.5 Å². The highest BCUT2D eigenvalue weighted by molar-refractivity contribution is 7.71. The second-order valence-corrected chi connectivity index (χ2v) is 4.88. The first kappa shape index (κ1) is 13.7. The van der Waals surface area contributed by atoms with E-state index in [4.69, 9.17) is 12.2 Å². The van der Waals surface area contributed by atoms with Crippen LogP contribution in [0.3, 0.4) is 0 Å². The molecule has 1 aromatic heterocycles. The number of carbonyl (C=O) groups is 1. The number of nitrogens with one attached hydrogen (secondary N) is 2. The lowest BCUT2D eigenvalue weighted by atomic mass is 10.3. The van der Waals surface area contributed by atoms with Crippen LogP contribution in [0.5, 0.6) is 0 Å². The summed E-state index contributed by atoms with van der Waals surface area (Å²) in [5, 5.41) is 2.67. The average Bonchev–Trinajstić information content (AvgIpc) is 2.61. The van der Waals surface area contributed by atoms with Crippen molar-refractivity contribution in [2.75, 3.05) is 0 Å². The molecule has 0 bridgehead atoms. The fourth-order valence-corrected chi connectivity index (χ4v) is 2.12. The van der Waals surface area contributed by atoms with Gasteiger partial charge >= 0.3 is 0 Å². The largest absolute Gasteiger partial charge is 0.352 e. The molecule has 0 aliphatic rings. The van der Waals surface area contributed by atoms with Crippen LogP contribution in [0.2, 0.25) is 0 Å². The highest BCUT2D eigenvalue weighted by Gasteiger charge is 2.15. The van der Waals surface area contributed by atoms with E-state index in [1.807, 2.05) is 13.8 Å². The Hall–Kier alpha value is -1.76. The van der Waals surface area contributed by atoms with Crippen molar-refractivity contribution < 1.29 is 13.6 Å². The van der Waals surface area contributed by atoms with Gasteiger partial charge in [-0.1, -0.05) is 0 Å². The molecule has 1 heterocycles. The fourth-order valence-electron chi connectivity index (χ4n) is 1.85. The lowest BCUT2D eigenvalue weighted by molar-refractivity contribution is -0.122. The van der Waals surface area contributed by atoms with E-state index in [1.54, 1.807) is 0 Å². The minimum absolute atomic E-state index is 0.0242. The third-order valence-electron chi connectivity index (χ3n) is 2.58.